The fraction of sp³-hybridized carbons (Fsp3) is 0.533. The Morgan fingerprint density at radius 1 is 1.33 bits per heavy atom. The third-order valence-corrected chi connectivity index (χ3v) is 3.59. The highest BCUT2D eigenvalue weighted by molar-refractivity contribution is 5.76. The van der Waals surface area contributed by atoms with Crippen LogP contribution >= 0.6 is 0 Å². The van der Waals surface area contributed by atoms with E-state index in [4.69, 9.17) is 5.73 Å². The summed E-state index contributed by atoms with van der Waals surface area (Å²) >= 11 is 0. The van der Waals surface area contributed by atoms with Crippen LogP contribution in [-0.4, -0.2) is 29.9 Å². The van der Waals surface area contributed by atoms with E-state index in [0.29, 0.717) is 12.3 Å². The van der Waals surface area contributed by atoms with Crippen molar-refractivity contribution < 1.29 is 4.79 Å². The average molecular weight is 246 g/mol. The quantitative estimate of drug-likeness (QED) is 0.884. The molecule has 98 valence electrons. The Bertz CT molecular complexity index is 391. The Labute approximate surface area is 109 Å². The van der Waals surface area contributed by atoms with Crippen molar-refractivity contribution in [3.63, 3.8) is 0 Å². The second-order valence-electron chi connectivity index (χ2n) is 5.20. The molecule has 0 aliphatic carbocycles. The van der Waals surface area contributed by atoms with Gasteiger partial charge < -0.3 is 10.6 Å². The Hall–Kier alpha value is -1.35. The first-order chi connectivity index (χ1) is 8.69. The van der Waals surface area contributed by atoms with Crippen LogP contribution in [0.3, 0.4) is 0 Å². The summed E-state index contributed by atoms with van der Waals surface area (Å²) in [5, 5.41) is 0. The van der Waals surface area contributed by atoms with Crippen molar-refractivity contribution in [2.75, 3.05) is 13.1 Å². The maximum Gasteiger partial charge on any atom is 0.222 e. The highest BCUT2D eigenvalue weighted by Gasteiger charge is 2.27. The number of rotatable bonds is 3. The molecule has 1 saturated heterocycles. The highest BCUT2D eigenvalue weighted by atomic mass is 16.2. The number of carbonyl (C=O) groups is 1. The predicted octanol–water partition coefficient (Wildman–Crippen LogP) is 1.81. The molecule has 3 heteroatoms. The van der Waals surface area contributed by atoms with Crippen molar-refractivity contribution in [2.45, 2.75) is 32.2 Å². The van der Waals surface area contributed by atoms with Crippen LogP contribution in [0.2, 0.25) is 0 Å². The number of hydrogen-bond donors (Lipinski definition) is 1. The summed E-state index contributed by atoms with van der Waals surface area (Å²) < 4.78 is 0. The minimum absolute atomic E-state index is 0.128. The van der Waals surface area contributed by atoms with Gasteiger partial charge in [-0.05, 0) is 24.3 Å². The van der Waals surface area contributed by atoms with Crippen molar-refractivity contribution in [1.82, 2.24) is 4.90 Å². The van der Waals surface area contributed by atoms with Gasteiger partial charge in [0, 0.05) is 25.6 Å². The molecule has 2 atom stereocenters. The molecule has 2 N–H and O–H groups in total. The molecule has 1 aliphatic rings. The molecule has 2 unspecified atom stereocenters. The standard InChI is InChI=1S/C15H22N2O/c1-2-15(18)17-10-13(9-14(16)11-17)8-12-6-4-3-5-7-12/h3-7,13-14H,2,8-11,16H2,1H3. The number of hydrogen-bond acceptors (Lipinski definition) is 2. The van der Waals surface area contributed by atoms with E-state index in [0.717, 1.165) is 25.9 Å². The molecule has 0 aromatic heterocycles. The minimum Gasteiger partial charge on any atom is -0.341 e. The lowest BCUT2D eigenvalue weighted by atomic mass is 9.89. The lowest BCUT2D eigenvalue weighted by Gasteiger charge is -2.36. The van der Waals surface area contributed by atoms with Gasteiger partial charge in [0.2, 0.25) is 5.91 Å². The lowest BCUT2D eigenvalue weighted by Crippen LogP contribution is -2.49. The Morgan fingerprint density at radius 3 is 2.72 bits per heavy atom. The molecule has 1 aliphatic heterocycles. The van der Waals surface area contributed by atoms with Crippen LogP contribution in [0, 0.1) is 5.92 Å². The molecule has 18 heavy (non-hydrogen) atoms. The molecule has 1 amide bonds. The number of amides is 1. The Morgan fingerprint density at radius 2 is 2.06 bits per heavy atom. The molecule has 2 rings (SSSR count). The van der Waals surface area contributed by atoms with Crippen molar-refractivity contribution in [3.05, 3.63) is 35.9 Å². The lowest BCUT2D eigenvalue weighted by molar-refractivity contribution is -0.133. The fourth-order valence-electron chi connectivity index (χ4n) is 2.77. The first-order valence-corrected chi connectivity index (χ1v) is 6.76. The van der Waals surface area contributed by atoms with Gasteiger partial charge in [-0.2, -0.15) is 0 Å². The molecular formula is C15H22N2O. The van der Waals surface area contributed by atoms with E-state index in [1.54, 1.807) is 0 Å². The Kier molecular flexibility index (Phi) is 4.37. The number of likely N-dealkylation sites (tertiary alicyclic amines) is 1. The van der Waals surface area contributed by atoms with Crippen molar-refractivity contribution in [2.24, 2.45) is 11.7 Å². The van der Waals surface area contributed by atoms with E-state index in [2.05, 4.69) is 24.3 Å². The highest BCUT2D eigenvalue weighted by Crippen LogP contribution is 2.20. The zero-order valence-corrected chi connectivity index (χ0v) is 11.0. The van der Waals surface area contributed by atoms with E-state index >= 15 is 0 Å². The summed E-state index contributed by atoms with van der Waals surface area (Å²) in [5.74, 6) is 0.717. The average Bonchev–Trinajstić information content (AvgIpc) is 2.38. The van der Waals surface area contributed by atoms with Gasteiger partial charge in [-0.15, -0.1) is 0 Å². The number of piperidine rings is 1. The van der Waals surface area contributed by atoms with Crippen LogP contribution < -0.4 is 5.73 Å². The molecule has 3 nitrogen and oxygen atoms in total. The number of benzene rings is 1. The second kappa shape index (κ2) is 6.01. The maximum absolute atomic E-state index is 11.8. The second-order valence-corrected chi connectivity index (χ2v) is 5.20. The SMILES string of the molecule is CCC(=O)N1CC(N)CC(Cc2ccccc2)C1. The summed E-state index contributed by atoms with van der Waals surface area (Å²) in [6.07, 6.45) is 2.61. The number of carbonyl (C=O) groups excluding carboxylic acids is 1. The van der Waals surface area contributed by atoms with Crippen molar-refractivity contribution >= 4 is 5.91 Å². The third-order valence-electron chi connectivity index (χ3n) is 3.59. The van der Waals surface area contributed by atoms with Gasteiger partial charge in [0.25, 0.3) is 0 Å². The van der Waals surface area contributed by atoms with Crippen molar-refractivity contribution in [3.8, 4) is 0 Å². The molecular weight excluding hydrogens is 224 g/mol. The largest absolute Gasteiger partial charge is 0.341 e. The van der Waals surface area contributed by atoms with Gasteiger partial charge in [0.15, 0.2) is 0 Å². The van der Waals surface area contributed by atoms with E-state index in [1.807, 2.05) is 17.9 Å². The molecule has 0 spiro atoms. The molecule has 1 aromatic carbocycles. The first-order valence-electron chi connectivity index (χ1n) is 6.76. The van der Waals surface area contributed by atoms with E-state index in [-0.39, 0.29) is 11.9 Å². The smallest absolute Gasteiger partial charge is 0.222 e. The molecule has 0 saturated carbocycles. The normalized spacial score (nSPS) is 24.0. The van der Waals surface area contributed by atoms with Crippen LogP contribution in [0.25, 0.3) is 0 Å². The molecule has 0 bridgehead atoms. The van der Waals surface area contributed by atoms with Crippen LogP contribution in [0.1, 0.15) is 25.3 Å². The van der Waals surface area contributed by atoms with Gasteiger partial charge in [-0.1, -0.05) is 37.3 Å². The summed E-state index contributed by atoms with van der Waals surface area (Å²) in [5.41, 5.74) is 7.40. The predicted molar refractivity (Wildman–Crippen MR) is 73.1 cm³/mol. The molecule has 1 fully saturated rings. The maximum atomic E-state index is 11.8. The molecule has 0 radical (unpaired) electrons. The van der Waals surface area contributed by atoms with Crippen molar-refractivity contribution in [1.29, 1.82) is 0 Å². The zero-order chi connectivity index (χ0) is 13.0. The third kappa shape index (κ3) is 3.33. The van der Waals surface area contributed by atoms with Gasteiger partial charge >= 0.3 is 0 Å². The summed E-state index contributed by atoms with van der Waals surface area (Å²) in [4.78, 5) is 13.7. The topological polar surface area (TPSA) is 46.3 Å². The number of nitrogens with zero attached hydrogens (tertiary/aromatic N) is 1. The monoisotopic (exact) mass is 246 g/mol. The fourth-order valence-corrected chi connectivity index (χ4v) is 2.77. The van der Waals surface area contributed by atoms with E-state index in [9.17, 15) is 4.79 Å². The van der Waals surface area contributed by atoms with Gasteiger partial charge in [0.05, 0.1) is 0 Å². The van der Waals surface area contributed by atoms with Gasteiger partial charge in [-0.3, -0.25) is 4.79 Å². The molecule has 1 heterocycles. The van der Waals surface area contributed by atoms with Crippen LogP contribution in [0.4, 0.5) is 0 Å². The summed E-state index contributed by atoms with van der Waals surface area (Å²) in [6, 6.07) is 10.6. The van der Waals surface area contributed by atoms with E-state index in [1.165, 1.54) is 5.56 Å². The minimum atomic E-state index is 0.128. The van der Waals surface area contributed by atoms with Gasteiger partial charge in [0.1, 0.15) is 0 Å². The van der Waals surface area contributed by atoms with E-state index < -0.39 is 0 Å². The van der Waals surface area contributed by atoms with Gasteiger partial charge in [-0.25, -0.2) is 0 Å². The first kappa shape index (κ1) is 13.1. The molecule has 1 aromatic rings. The van der Waals surface area contributed by atoms with Crippen LogP contribution in [0.15, 0.2) is 30.3 Å². The Balaban J connectivity index is 1.98. The summed E-state index contributed by atoms with van der Waals surface area (Å²) in [7, 11) is 0. The van der Waals surface area contributed by atoms with Crippen LogP contribution in [-0.2, 0) is 11.2 Å². The van der Waals surface area contributed by atoms with Crippen LogP contribution in [0.5, 0.6) is 0 Å². The zero-order valence-electron chi connectivity index (χ0n) is 11.0. The summed E-state index contributed by atoms with van der Waals surface area (Å²) in [6.45, 7) is 3.49. The number of nitrogens with two attached hydrogens (primary N) is 1.